The minimum atomic E-state index is 0.165. The average Bonchev–Trinajstić information content (AvgIpc) is 2.78. The van der Waals surface area contributed by atoms with Crippen molar-refractivity contribution in [2.45, 2.75) is 44.9 Å². The van der Waals surface area contributed by atoms with Crippen molar-refractivity contribution >= 4 is 12.0 Å². The Morgan fingerprint density at radius 2 is 1.71 bits per heavy atom. The number of hydrogen-bond donors (Lipinski definition) is 1. The quantitative estimate of drug-likeness (QED) is 0.809. The molecular weight excluding hydrogens is 216 g/mol. The predicted molar refractivity (Wildman–Crippen MR) is 65.7 cm³/mol. The first-order valence-corrected chi connectivity index (χ1v) is 6.61. The zero-order valence-corrected chi connectivity index (χ0v) is 10.2. The normalized spacial score (nSPS) is 24.1. The topological polar surface area (TPSA) is 68.2 Å². The van der Waals surface area contributed by atoms with Gasteiger partial charge in [-0.3, -0.25) is 0 Å². The van der Waals surface area contributed by atoms with Gasteiger partial charge in [0.25, 0.3) is 0 Å². The molecule has 1 aliphatic heterocycles. The molecule has 0 atom stereocenters. The van der Waals surface area contributed by atoms with E-state index in [9.17, 15) is 0 Å². The van der Waals surface area contributed by atoms with Gasteiger partial charge in [-0.25, -0.2) is 0 Å². The van der Waals surface area contributed by atoms with Gasteiger partial charge in [0.15, 0.2) is 0 Å². The van der Waals surface area contributed by atoms with Crippen molar-refractivity contribution in [1.82, 2.24) is 10.2 Å². The minimum Gasteiger partial charge on any atom is -0.390 e. The van der Waals surface area contributed by atoms with Gasteiger partial charge in [-0.15, -0.1) is 0 Å². The number of rotatable bonds is 1. The van der Waals surface area contributed by atoms with Gasteiger partial charge in [0, 0.05) is 13.1 Å². The zero-order chi connectivity index (χ0) is 11.7. The Hall–Kier alpha value is -1.26. The monoisotopic (exact) mass is 236 g/mol. The van der Waals surface area contributed by atoms with Crippen LogP contribution in [0.4, 0.5) is 12.0 Å². The lowest BCUT2D eigenvalue weighted by Gasteiger charge is -2.43. The number of aromatic nitrogens is 2. The van der Waals surface area contributed by atoms with E-state index in [0.29, 0.717) is 11.4 Å². The largest absolute Gasteiger partial charge is 0.390 e. The third kappa shape index (κ3) is 2.10. The number of nitrogen functional groups attached to an aromatic ring is 1. The van der Waals surface area contributed by atoms with Crippen LogP contribution in [0.15, 0.2) is 4.42 Å². The van der Waals surface area contributed by atoms with Gasteiger partial charge in [-0.2, -0.15) is 0 Å². The van der Waals surface area contributed by atoms with E-state index >= 15 is 0 Å². The molecule has 2 N–H and O–H groups in total. The Bertz CT molecular complexity index is 374. The SMILES string of the molecule is Nc1nnc(N2CCC3(CCCCC3)CC2)o1. The number of nitrogens with two attached hydrogens (primary N) is 1. The molecule has 5 heteroatoms. The van der Waals surface area contributed by atoms with E-state index < -0.39 is 0 Å². The van der Waals surface area contributed by atoms with Crippen molar-refractivity contribution in [2.24, 2.45) is 5.41 Å². The standard InChI is InChI=1S/C12H20N4O/c13-10-14-15-11(17-10)16-8-6-12(7-9-16)4-2-1-3-5-12/h1-9H2,(H2,13,14). The van der Waals surface area contributed by atoms with E-state index in [0.717, 1.165) is 13.1 Å². The van der Waals surface area contributed by atoms with Crippen molar-refractivity contribution in [3.05, 3.63) is 0 Å². The van der Waals surface area contributed by atoms with Crippen LogP contribution in [0.3, 0.4) is 0 Å². The third-order valence-corrected chi connectivity index (χ3v) is 4.44. The van der Waals surface area contributed by atoms with Crippen molar-refractivity contribution < 1.29 is 4.42 Å². The molecule has 1 saturated heterocycles. The summed E-state index contributed by atoms with van der Waals surface area (Å²) in [5.74, 6) is 0. The van der Waals surface area contributed by atoms with E-state index in [4.69, 9.17) is 10.2 Å². The Labute approximate surface area is 101 Å². The van der Waals surface area contributed by atoms with Crippen LogP contribution in [-0.4, -0.2) is 23.3 Å². The molecule has 1 spiro atoms. The molecule has 17 heavy (non-hydrogen) atoms. The number of nitrogens with zero attached hydrogens (tertiary/aromatic N) is 3. The van der Waals surface area contributed by atoms with Gasteiger partial charge >= 0.3 is 12.0 Å². The molecule has 1 aromatic rings. The van der Waals surface area contributed by atoms with Crippen molar-refractivity contribution in [3.8, 4) is 0 Å². The lowest BCUT2D eigenvalue weighted by Crippen LogP contribution is -2.41. The molecule has 0 radical (unpaired) electrons. The van der Waals surface area contributed by atoms with Crippen LogP contribution in [-0.2, 0) is 0 Å². The fraction of sp³-hybridized carbons (Fsp3) is 0.833. The third-order valence-electron chi connectivity index (χ3n) is 4.44. The highest BCUT2D eigenvalue weighted by Gasteiger charge is 2.36. The molecule has 1 aromatic heterocycles. The fourth-order valence-corrected chi connectivity index (χ4v) is 3.33. The Morgan fingerprint density at radius 3 is 2.29 bits per heavy atom. The van der Waals surface area contributed by atoms with Crippen LogP contribution in [0.1, 0.15) is 44.9 Å². The maximum atomic E-state index is 5.45. The van der Waals surface area contributed by atoms with Crippen LogP contribution in [0.5, 0.6) is 0 Å². The van der Waals surface area contributed by atoms with Crippen LogP contribution in [0, 0.1) is 5.41 Å². The summed E-state index contributed by atoms with van der Waals surface area (Å²) in [6, 6.07) is 0.756. The van der Waals surface area contributed by atoms with E-state index in [2.05, 4.69) is 15.1 Å². The molecule has 5 nitrogen and oxygen atoms in total. The molecule has 2 heterocycles. The minimum absolute atomic E-state index is 0.165. The molecule has 1 aliphatic carbocycles. The summed E-state index contributed by atoms with van der Waals surface area (Å²) in [4.78, 5) is 2.17. The molecule has 1 saturated carbocycles. The Kier molecular flexibility index (Phi) is 2.68. The second-order valence-electron chi connectivity index (χ2n) is 5.47. The van der Waals surface area contributed by atoms with E-state index in [1.54, 1.807) is 0 Å². The second kappa shape index (κ2) is 4.20. The maximum absolute atomic E-state index is 5.45. The molecule has 94 valence electrons. The molecule has 0 amide bonds. The van der Waals surface area contributed by atoms with Crippen LogP contribution in [0.2, 0.25) is 0 Å². The molecule has 2 fully saturated rings. The van der Waals surface area contributed by atoms with Crippen molar-refractivity contribution in [2.75, 3.05) is 23.7 Å². The highest BCUT2D eigenvalue weighted by molar-refractivity contribution is 5.28. The first-order chi connectivity index (χ1) is 8.27. The smallest absolute Gasteiger partial charge is 0.319 e. The summed E-state index contributed by atoms with van der Waals surface area (Å²) in [5, 5.41) is 7.67. The van der Waals surface area contributed by atoms with Gasteiger partial charge in [-0.05, 0) is 31.1 Å². The molecule has 2 aliphatic rings. The maximum Gasteiger partial charge on any atom is 0.319 e. The molecule has 0 bridgehead atoms. The van der Waals surface area contributed by atoms with Gasteiger partial charge in [0.05, 0.1) is 0 Å². The number of piperidine rings is 1. The lowest BCUT2D eigenvalue weighted by atomic mass is 9.68. The first-order valence-electron chi connectivity index (χ1n) is 6.61. The summed E-state index contributed by atoms with van der Waals surface area (Å²) < 4.78 is 5.28. The van der Waals surface area contributed by atoms with E-state index in [1.807, 2.05) is 0 Å². The van der Waals surface area contributed by atoms with Gasteiger partial charge < -0.3 is 15.1 Å². The molecule has 0 aromatic carbocycles. The highest BCUT2D eigenvalue weighted by Crippen LogP contribution is 2.44. The predicted octanol–water partition coefficient (Wildman–Crippen LogP) is 2.20. The van der Waals surface area contributed by atoms with E-state index in [1.165, 1.54) is 44.9 Å². The van der Waals surface area contributed by atoms with Gasteiger partial charge in [0.2, 0.25) is 0 Å². The molecule has 0 unspecified atom stereocenters. The van der Waals surface area contributed by atoms with E-state index in [-0.39, 0.29) is 6.01 Å². The summed E-state index contributed by atoms with van der Waals surface area (Å²) in [6.07, 6.45) is 9.58. The van der Waals surface area contributed by atoms with Crippen molar-refractivity contribution in [1.29, 1.82) is 0 Å². The second-order valence-corrected chi connectivity index (χ2v) is 5.47. The number of anilines is 2. The summed E-state index contributed by atoms with van der Waals surface area (Å²) in [7, 11) is 0. The Balaban J connectivity index is 1.63. The molecule has 3 rings (SSSR count). The lowest BCUT2D eigenvalue weighted by molar-refractivity contribution is 0.142. The summed E-state index contributed by atoms with van der Waals surface area (Å²) in [5.41, 5.74) is 6.07. The molecular formula is C12H20N4O. The summed E-state index contributed by atoms with van der Waals surface area (Å²) in [6.45, 7) is 2.06. The van der Waals surface area contributed by atoms with Crippen molar-refractivity contribution in [3.63, 3.8) is 0 Å². The zero-order valence-electron chi connectivity index (χ0n) is 10.2. The van der Waals surface area contributed by atoms with Gasteiger partial charge in [-0.1, -0.05) is 29.5 Å². The number of hydrogen-bond acceptors (Lipinski definition) is 5. The van der Waals surface area contributed by atoms with Crippen LogP contribution >= 0.6 is 0 Å². The Morgan fingerprint density at radius 1 is 1.00 bits per heavy atom. The van der Waals surface area contributed by atoms with Crippen LogP contribution in [0.25, 0.3) is 0 Å². The first kappa shape index (κ1) is 10.9. The highest BCUT2D eigenvalue weighted by atomic mass is 16.4. The summed E-state index contributed by atoms with van der Waals surface area (Å²) >= 11 is 0. The average molecular weight is 236 g/mol. The van der Waals surface area contributed by atoms with Gasteiger partial charge in [0.1, 0.15) is 0 Å². The fourth-order valence-electron chi connectivity index (χ4n) is 3.33. The van der Waals surface area contributed by atoms with Crippen LogP contribution < -0.4 is 10.6 Å².